The fraction of sp³-hybridized carbons (Fsp3) is 0.375. The van der Waals surface area contributed by atoms with E-state index in [9.17, 15) is 4.79 Å². The van der Waals surface area contributed by atoms with Crippen LogP contribution in [0.3, 0.4) is 0 Å². The molecule has 0 aliphatic rings. The van der Waals surface area contributed by atoms with Gasteiger partial charge >= 0.3 is 0 Å². The van der Waals surface area contributed by atoms with E-state index in [4.69, 9.17) is 4.74 Å². The third-order valence-corrected chi connectivity index (χ3v) is 4.03. The van der Waals surface area contributed by atoms with Crippen molar-refractivity contribution in [2.75, 3.05) is 7.11 Å². The SMILES string of the molecule is CCc1cc(CC)n(CC(=O)c2ccc(OC)c(Br)c2)n1. The Labute approximate surface area is 133 Å². The lowest BCUT2D eigenvalue weighted by molar-refractivity contribution is 0.0966. The van der Waals surface area contributed by atoms with Gasteiger partial charge < -0.3 is 4.74 Å². The Morgan fingerprint density at radius 3 is 2.62 bits per heavy atom. The molecule has 0 aliphatic carbocycles. The van der Waals surface area contributed by atoms with Crippen molar-refractivity contribution in [3.63, 3.8) is 0 Å². The van der Waals surface area contributed by atoms with E-state index in [1.54, 1.807) is 30.0 Å². The van der Waals surface area contributed by atoms with Crippen LogP contribution < -0.4 is 4.74 Å². The van der Waals surface area contributed by atoms with Crippen LogP contribution in [-0.4, -0.2) is 22.7 Å². The fourth-order valence-electron chi connectivity index (χ4n) is 2.18. The topological polar surface area (TPSA) is 44.1 Å². The lowest BCUT2D eigenvalue weighted by Gasteiger charge is -2.07. The number of aromatic nitrogens is 2. The summed E-state index contributed by atoms with van der Waals surface area (Å²) in [6, 6.07) is 7.43. The van der Waals surface area contributed by atoms with Crippen LogP contribution >= 0.6 is 15.9 Å². The van der Waals surface area contributed by atoms with Gasteiger partial charge in [0.2, 0.25) is 0 Å². The summed E-state index contributed by atoms with van der Waals surface area (Å²) < 4.78 is 7.76. The first-order chi connectivity index (χ1) is 10.1. The molecule has 0 saturated carbocycles. The van der Waals surface area contributed by atoms with E-state index in [-0.39, 0.29) is 12.3 Å². The zero-order chi connectivity index (χ0) is 15.4. The Morgan fingerprint density at radius 2 is 2.05 bits per heavy atom. The van der Waals surface area contributed by atoms with E-state index in [1.807, 2.05) is 0 Å². The lowest BCUT2D eigenvalue weighted by Crippen LogP contribution is -2.14. The normalized spacial score (nSPS) is 10.7. The number of halogens is 1. The maximum Gasteiger partial charge on any atom is 0.184 e. The molecule has 0 unspecified atom stereocenters. The van der Waals surface area contributed by atoms with E-state index >= 15 is 0 Å². The van der Waals surface area contributed by atoms with E-state index in [0.717, 1.165) is 28.7 Å². The molecule has 112 valence electrons. The highest BCUT2D eigenvalue weighted by Crippen LogP contribution is 2.25. The Hall–Kier alpha value is -1.62. The fourth-order valence-corrected chi connectivity index (χ4v) is 2.72. The summed E-state index contributed by atoms with van der Waals surface area (Å²) in [6.07, 6.45) is 1.74. The van der Waals surface area contributed by atoms with Crippen molar-refractivity contribution in [1.29, 1.82) is 0 Å². The molecule has 0 bridgehead atoms. The predicted octanol–water partition coefficient (Wildman–Crippen LogP) is 3.66. The van der Waals surface area contributed by atoms with Gasteiger partial charge in [0.1, 0.15) is 12.3 Å². The van der Waals surface area contributed by atoms with Gasteiger partial charge in [-0.3, -0.25) is 9.48 Å². The first kappa shape index (κ1) is 15.8. The number of ether oxygens (including phenoxy) is 1. The molecule has 0 spiro atoms. The minimum atomic E-state index is 0.0406. The van der Waals surface area contributed by atoms with Crippen molar-refractivity contribution in [1.82, 2.24) is 9.78 Å². The average molecular weight is 351 g/mol. The number of hydrogen-bond acceptors (Lipinski definition) is 3. The van der Waals surface area contributed by atoms with Crippen molar-refractivity contribution in [3.8, 4) is 5.75 Å². The number of carbonyl (C=O) groups excluding carboxylic acids is 1. The standard InChI is InChI=1S/C16H19BrN2O2/c1-4-12-9-13(5-2)19(18-12)10-15(20)11-6-7-16(21-3)14(17)8-11/h6-9H,4-5,10H2,1-3H3. The van der Waals surface area contributed by atoms with Crippen LogP contribution in [0.4, 0.5) is 0 Å². The van der Waals surface area contributed by atoms with E-state index in [1.165, 1.54) is 0 Å². The Bertz CT molecular complexity index is 650. The van der Waals surface area contributed by atoms with Crippen LogP contribution in [0.5, 0.6) is 5.75 Å². The number of methoxy groups -OCH3 is 1. The van der Waals surface area contributed by atoms with Gasteiger partial charge in [0.05, 0.1) is 17.3 Å². The molecule has 4 nitrogen and oxygen atoms in total. The number of nitrogens with zero attached hydrogens (tertiary/aromatic N) is 2. The van der Waals surface area contributed by atoms with Crippen molar-refractivity contribution in [2.45, 2.75) is 33.2 Å². The summed E-state index contributed by atoms with van der Waals surface area (Å²) >= 11 is 3.40. The second kappa shape index (κ2) is 6.89. The number of hydrogen-bond donors (Lipinski definition) is 0. The minimum Gasteiger partial charge on any atom is -0.496 e. The summed E-state index contributed by atoms with van der Waals surface area (Å²) in [4.78, 5) is 12.4. The summed E-state index contributed by atoms with van der Waals surface area (Å²) in [5, 5.41) is 4.48. The molecule has 0 N–H and O–H groups in total. The monoisotopic (exact) mass is 350 g/mol. The largest absolute Gasteiger partial charge is 0.496 e. The third kappa shape index (κ3) is 3.53. The average Bonchev–Trinajstić information content (AvgIpc) is 2.89. The molecular weight excluding hydrogens is 332 g/mol. The van der Waals surface area contributed by atoms with Crippen molar-refractivity contribution in [3.05, 3.63) is 45.7 Å². The summed E-state index contributed by atoms with van der Waals surface area (Å²) in [5.41, 5.74) is 2.77. The van der Waals surface area contributed by atoms with Crippen molar-refractivity contribution >= 4 is 21.7 Å². The maximum absolute atomic E-state index is 12.4. The molecular formula is C16H19BrN2O2. The first-order valence-electron chi connectivity index (χ1n) is 7.01. The van der Waals surface area contributed by atoms with Gasteiger partial charge in [-0.15, -0.1) is 0 Å². The molecule has 0 saturated heterocycles. The molecule has 0 aliphatic heterocycles. The molecule has 0 radical (unpaired) electrons. The highest BCUT2D eigenvalue weighted by molar-refractivity contribution is 9.10. The Balaban J connectivity index is 2.21. The molecule has 5 heteroatoms. The predicted molar refractivity (Wildman–Crippen MR) is 86.0 cm³/mol. The van der Waals surface area contributed by atoms with Crippen molar-refractivity contribution in [2.24, 2.45) is 0 Å². The van der Waals surface area contributed by atoms with Gasteiger partial charge in [-0.05, 0) is 53.0 Å². The zero-order valence-electron chi connectivity index (χ0n) is 12.5. The van der Waals surface area contributed by atoms with Gasteiger partial charge in [0, 0.05) is 11.3 Å². The maximum atomic E-state index is 12.4. The Kier molecular flexibility index (Phi) is 5.17. The number of carbonyl (C=O) groups is 1. The van der Waals surface area contributed by atoms with Crippen LogP contribution in [0.15, 0.2) is 28.7 Å². The van der Waals surface area contributed by atoms with Gasteiger partial charge in [0.25, 0.3) is 0 Å². The molecule has 1 aromatic carbocycles. The van der Waals surface area contributed by atoms with Crippen LogP contribution in [0.1, 0.15) is 35.6 Å². The first-order valence-corrected chi connectivity index (χ1v) is 7.80. The van der Waals surface area contributed by atoms with Crippen molar-refractivity contribution < 1.29 is 9.53 Å². The van der Waals surface area contributed by atoms with Crippen LogP contribution in [-0.2, 0) is 19.4 Å². The lowest BCUT2D eigenvalue weighted by atomic mass is 10.1. The van der Waals surface area contributed by atoms with E-state index in [0.29, 0.717) is 11.3 Å². The smallest absolute Gasteiger partial charge is 0.184 e. The van der Waals surface area contributed by atoms with Gasteiger partial charge in [-0.1, -0.05) is 13.8 Å². The molecule has 1 aromatic heterocycles. The summed E-state index contributed by atoms with van der Waals surface area (Å²) in [7, 11) is 1.60. The number of Topliss-reactive ketones (excluding diaryl/α,β-unsaturated/α-hetero) is 1. The van der Waals surface area contributed by atoms with Crippen LogP contribution in [0.25, 0.3) is 0 Å². The molecule has 2 rings (SSSR count). The molecule has 1 heterocycles. The summed E-state index contributed by atoms with van der Waals surface area (Å²) in [6.45, 7) is 4.40. The molecule has 2 aromatic rings. The second-order valence-electron chi connectivity index (χ2n) is 4.76. The number of aryl methyl sites for hydroxylation is 2. The van der Waals surface area contributed by atoms with E-state index < -0.39 is 0 Å². The highest BCUT2D eigenvalue weighted by Gasteiger charge is 2.13. The highest BCUT2D eigenvalue weighted by atomic mass is 79.9. The van der Waals surface area contributed by atoms with Gasteiger partial charge in [0.15, 0.2) is 5.78 Å². The molecule has 0 fully saturated rings. The minimum absolute atomic E-state index is 0.0406. The summed E-state index contributed by atoms with van der Waals surface area (Å²) in [5.74, 6) is 0.756. The Morgan fingerprint density at radius 1 is 1.29 bits per heavy atom. The van der Waals surface area contributed by atoms with Gasteiger partial charge in [-0.2, -0.15) is 5.10 Å². The molecule has 0 atom stereocenters. The number of rotatable bonds is 6. The van der Waals surface area contributed by atoms with Gasteiger partial charge in [-0.25, -0.2) is 0 Å². The second-order valence-corrected chi connectivity index (χ2v) is 5.62. The van der Waals surface area contributed by atoms with Crippen LogP contribution in [0.2, 0.25) is 0 Å². The third-order valence-electron chi connectivity index (χ3n) is 3.41. The van der Waals surface area contributed by atoms with E-state index in [2.05, 4.69) is 40.9 Å². The number of ketones is 1. The quantitative estimate of drug-likeness (QED) is 0.746. The number of benzene rings is 1. The zero-order valence-corrected chi connectivity index (χ0v) is 14.1. The van der Waals surface area contributed by atoms with Crippen LogP contribution in [0, 0.1) is 0 Å². The molecule has 21 heavy (non-hydrogen) atoms. The molecule has 0 amide bonds.